The van der Waals surface area contributed by atoms with Crippen molar-refractivity contribution in [3.63, 3.8) is 0 Å². The van der Waals surface area contributed by atoms with E-state index >= 15 is 0 Å². The highest BCUT2D eigenvalue weighted by atomic mass is 32.2. The number of thiazole rings is 1. The molecular formula is C17H15N5O3S2. The maximum atomic E-state index is 12.7. The van der Waals surface area contributed by atoms with Crippen molar-refractivity contribution < 1.29 is 14.0 Å². The summed E-state index contributed by atoms with van der Waals surface area (Å²) in [5, 5.41) is 12.6. The minimum Gasteiger partial charge on any atom is -0.443 e. The Bertz CT molecular complexity index is 1040. The Morgan fingerprint density at radius 1 is 1.41 bits per heavy atom. The average Bonchev–Trinajstić information content (AvgIpc) is 3.31. The summed E-state index contributed by atoms with van der Waals surface area (Å²) < 4.78 is 8.07. The van der Waals surface area contributed by atoms with Crippen molar-refractivity contribution in [1.82, 2.24) is 9.55 Å². The van der Waals surface area contributed by atoms with Gasteiger partial charge in [0.25, 0.3) is 5.91 Å². The van der Waals surface area contributed by atoms with Crippen molar-refractivity contribution in [2.24, 2.45) is 5.73 Å². The van der Waals surface area contributed by atoms with E-state index in [0.717, 1.165) is 4.21 Å². The zero-order valence-corrected chi connectivity index (χ0v) is 16.1. The van der Waals surface area contributed by atoms with Gasteiger partial charge in [-0.1, -0.05) is 11.3 Å². The third-order valence-corrected chi connectivity index (χ3v) is 6.02. The molecule has 0 aliphatic rings. The van der Waals surface area contributed by atoms with Gasteiger partial charge < -0.3 is 10.2 Å². The largest absolute Gasteiger partial charge is 0.443 e. The minimum absolute atomic E-state index is 0.135. The summed E-state index contributed by atoms with van der Waals surface area (Å²) in [5.41, 5.74) is 6.17. The molecule has 3 N–H and O–H groups in total. The van der Waals surface area contributed by atoms with Crippen LogP contribution in [0.3, 0.4) is 0 Å². The van der Waals surface area contributed by atoms with Gasteiger partial charge in [-0.2, -0.15) is 5.26 Å². The number of furan rings is 1. The second-order valence-corrected chi connectivity index (χ2v) is 7.76. The van der Waals surface area contributed by atoms with E-state index in [0.29, 0.717) is 16.6 Å². The van der Waals surface area contributed by atoms with E-state index in [2.05, 4.69) is 10.3 Å². The Labute approximate surface area is 163 Å². The van der Waals surface area contributed by atoms with E-state index in [-0.39, 0.29) is 22.8 Å². The van der Waals surface area contributed by atoms with Gasteiger partial charge in [0.1, 0.15) is 23.0 Å². The molecule has 0 aliphatic heterocycles. The molecule has 10 heteroatoms. The van der Waals surface area contributed by atoms with E-state index in [1.807, 2.05) is 6.07 Å². The van der Waals surface area contributed by atoms with Gasteiger partial charge >= 0.3 is 0 Å². The number of thioether (sulfide) groups is 1. The predicted octanol–water partition coefficient (Wildman–Crippen LogP) is 2.85. The van der Waals surface area contributed by atoms with Crippen molar-refractivity contribution in [2.45, 2.75) is 18.1 Å². The van der Waals surface area contributed by atoms with Crippen molar-refractivity contribution in [3.05, 3.63) is 47.1 Å². The summed E-state index contributed by atoms with van der Waals surface area (Å²) in [7, 11) is 0. The van der Waals surface area contributed by atoms with Crippen LogP contribution in [-0.2, 0) is 4.79 Å². The zero-order chi connectivity index (χ0) is 19.6. The standard InChI is InChI=1S/C17H15N5O3S2/c1-9-16(26-8-12(19)23)27-17(20-9)21-14(24)13-10(2)25-15(11(13)7-18)22-5-3-4-6-22/h3-6H,8H2,1-2H3,(H2,19,23)(H,20,21,24). The minimum atomic E-state index is -0.480. The number of nitrogens with zero attached hydrogens (tertiary/aromatic N) is 3. The predicted molar refractivity (Wildman–Crippen MR) is 102 cm³/mol. The molecule has 3 heterocycles. The first kappa shape index (κ1) is 18.8. The molecule has 3 rings (SSSR count). The number of aromatic nitrogens is 2. The fourth-order valence-electron chi connectivity index (χ4n) is 2.42. The first-order valence-electron chi connectivity index (χ1n) is 7.77. The van der Waals surface area contributed by atoms with Crippen LogP contribution >= 0.6 is 23.1 Å². The molecule has 0 aromatic carbocycles. The van der Waals surface area contributed by atoms with Crippen LogP contribution in [0.25, 0.3) is 5.88 Å². The molecule has 3 aromatic heterocycles. The van der Waals surface area contributed by atoms with E-state index < -0.39 is 11.8 Å². The van der Waals surface area contributed by atoms with Gasteiger partial charge in [-0.15, -0.1) is 11.8 Å². The lowest BCUT2D eigenvalue weighted by molar-refractivity contribution is -0.115. The van der Waals surface area contributed by atoms with Crippen LogP contribution in [0.1, 0.15) is 27.4 Å². The number of anilines is 1. The van der Waals surface area contributed by atoms with Gasteiger partial charge in [-0.25, -0.2) is 4.98 Å². The monoisotopic (exact) mass is 401 g/mol. The van der Waals surface area contributed by atoms with Crippen LogP contribution in [0, 0.1) is 25.2 Å². The molecule has 0 aliphatic carbocycles. The van der Waals surface area contributed by atoms with Crippen molar-refractivity contribution in [3.8, 4) is 12.0 Å². The SMILES string of the molecule is Cc1nc(NC(=O)c2c(C)oc(-n3cccc3)c2C#N)sc1SCC(N)=O. The smallest absolute Gasteiger partial charge is 0.262 e. The highest BCUT2D eigenvalue weighted by Gasteiger charge is 2.25. The van der Waals surface area contributed by atoms with Crippen LogP contribution in [-0.4, -0.2) is 27.1 Å². The molecule has 2 amide bonds. The molecule has 0 fully saturated rings. The Balaban J connectivity index is 1.86. The molecule has 0 bridgehead atoms. The number of aryl methyl sites for hydroxylation is 2. The highest BCUT2D eigenvalue weighted by Crippen LogP contribution is 2.33. The highest BCUT2D eigenvalue weighted by molar-refractivity contribution is 8.01. The van der Waals surface area contributed by atoms with Crippen molar-refractivity contribution in [2.75, 3.05) is 11.1 Å². The van der Waals surface area contributed by atoms with Crippen LogP contribution in [0.4, 0.5) is 5.13 Å². The summed E-state index contributed by atoms with van der Waals surface area (Å²) in [5.74, 6) is -0.145. The lowest BCUT2D eigenvalue weighted by Gasteiger charge is -2.01. The van der Waals surface area contributed by atoms with E-state index in [1.54, 1.807) is 42.9 Å². The van der Waals surface area contributed by atoms with E-state index in [1.165, 1.54) is 23.1 Å². The Hall–Kier alpha value is -3.03. The van der Waals surface area contributed by atoms with E-state index in [9.17, 15) is 14.9 Å². The molecule has 0 radical (unpaired) electrons. The number of hydrogen-bond donors (Lipinski definition) is 2. The fourth-order valence-corrected chi connectivity index (χ4v) is 4.30. The third kappa shape index (κ3) is 3.89. The molecule has 0 saturated heterocycles. The van der Waals surface area contributed by atoms with Gasteiger partial charge in [-0.05, 0) is 26.0 Å². The van der Waals surface area contributed by atoms with Crippen LogP contribution < -0.4 is 11.1 Å². The molecule has 0 atom stereocenters. The van der Waals surface area contributed by atoms with Gasteiger partial charge in [0.15, 0.2) is 5.13 Å². The first-order chi connectivity index (χ1) is 12.9. The molecule has 27 heavy (non-hydrogen) atoms. The molecule has 3 aromatic rings. The van der Waals surface area contributed by atoms with Gasteiger partial charge in [-0.3, -0.25) is 19.5 Å². The summed E-state index contributed by atoms with van der Waals surface area (Å²) in [6.07, 6.45) is 3.46. The Morgan fingerprint density at radius 2 is 2.11 bits per heavy atom. The topological polar surface area (TPSA) is 127 Å². The van der Waals surface area contributed by atoms with Gasteiger partial charge in [0, 0.05) is 12.4 Å². The van der Waals surface area contributed by atoms with Crippen molar-refractivity contribution in [1.29, 1.82) is 5.26 Å². The number of nitrogens with two attached hydrogens (primary N) is 1. The molecule has 138 valence electrons. The number of carbonyl (C=O) groups excluding carboxylic acids is 2. The fraction of sp³-hybridized carbons (Fsp3) is 0.176. The Morgan fingerprint density at radius 3 is 2.74 bits per heavy atom. The third-order valence-electron chi connectivity index (χ3n) is 3.56. The second kappa shape index (κ2) is 7.69. The number of nitrogens with one attached hydrogen (secondary N) is 1. The molecule has 0 spiro atoms. The number of primary amides is 1. The lowest BCUT2D eigenvalue weighted by Crippen LogP contribution is -2.13. The maximum absolute atomic E-state index is 12.7. The van der Waals surface area contributed by atoms with Crippen LogP contribution in [0.5, 0.6) is 0 Å². The van der Waals surface area contributed by atoms with Crippen molar-refractivity contribution >= 4 is 40.0 Å². The lowest BCUT2D eigenvalue weighted by atomic mass is 10.1. The van der Waals surface area contributed by atoms with Gasteiger partial charge in [0.05, 0.1) is 15.7 Å². The number of nitriles is 1. The van der Waals surface area contributed by atoms with Crippen LogP contribution in [0.15, 0.2) is 33.2 Å². The summed E-state index contributed by atoms with van der Waals surface area (Å²) in [4.78, 5) is 28.0. The van der Waals surface area contributed by atoms with Crippen LogP contribution in [0.2, 0.25) is 0 Å². The second-order valence-electron chi connectivity index (χ2n) is 5.52. The number of amides is 2. The normalized spacial score (nSPS) is 10.6. The van der Waals surface area contributed by atoms with E-state index in [4.69, 9.17) is 10.2 Å². The molecule has 0 unspecified atom stereocenters. The maximum Gasteiger partial charge on any atom is 0.262 e. The number of hydrogen-bond acceptors (Lipinski definition) is 7. The first-order valence-corrected chi connectivity index (χ1v) is 9.57. The van der Waals surface area contributed by atoms with Gasteiger partial charge in [0.2, 0.25) is 11.8 Å². The number of carbonyl (C=O) groups is 2. The summed E-state index contributed by atoms with van der Waals surface area (Å²) in [6.45, 7) is 3.41. The molecular weight excluding hydrogens is 386 g/mol. The molecule has 8 nitrogen and oxygen atoms in total. The Kier molecular flexibility index (Phi) is 5.34. The number of rotatable bonds is 6. The average molecular weight is 401 g/mol. The molecule has 0 saturated carbocycles. The quantitative estimate of drug-likeness (QED) is 0.612. The summed E-state index contributed by atoms with van der Waals surface area (Å²) in [6, 6.07) is 5.63. The zero-order valence-electron chi connectivity index (χ0n) is 14.5. The summed E-state index contributed by atoms with van der Waals surface area (Å²) >= 11 is 2.51.